The van der Waals surface area contributed by atoms with Gasteiger partial charge in [-0.05, 0) is 26.4 Å². The summed E-state index contributed by atoms with van der Waals surface area (Å²) < 4.78 is 13.2. The fourth-order valence-electron chi connectivity index (χ4n) is 2.30. The monoisotopic (exact) mass is 232 g/mol. The van der Waals surface area contributed by atoms with Crippen LogP contribution in [0.1, 0.15) is 19.8 Å². The van der Waals surface area contributed by atoms with Crippen molar-refractivity contribution in [1.29, 1.82) is 0 Å². The second-order valence-corrected chi connectivity index (χ2v) is 4.51. The van der Waals surface area contributed by atoms with Crippen molar-refractivity contribution in [3.63, 3.8) is 0 Å². The third-order valence-electron chi connectivity index (χ3n) is 3.10. The number of nitrogens with zero attached hydrogens (tertiary/aromatic N) is 2. The third kappa shape index (κ3) is 4.06. The molecule has 0 radical (unpaired) electrons. The topological polar surface area (TPSA) is 43.8 Å². The molecular formula is C11H21FN2O2. The summed E-state index contributed by atoms with van der Waals surface area (Å²) in [5.74, 6) is -0.815. The van der Waals surface area contributed by atoms with Gasteiger partial charge in [-0.15, -0.1) is 0 Å². The predicted molar refractivity (Wildman–Crippen MR) is 60.3 cm³/mol. The molecule has 94 valence electrons. The van der Waals surface area contributed by atoms with Gasteiger partial charge >= 0.3 is 5.97 Å². The number of likely N-dealkylation sites (tertiary alicyclic amines) is 1. The summed E-state index contributed by atoms with van der Waals surface area (Å²) in [7, 11) is 1.80. The standard InChI is InChI=1S/C11H21FN2O2/c1-3-14-6-9(12)4-5-10(14)7-13(2)8-11(15)16/h9-10H,3-8H2,1-2H3,(H,15,16). The van der Waals surface area contributed by atoms with Gasteiger partial charge in [0.1, 0.15) is 6.17 Å². The average molecular weight is 232 g/mol. The van der Waals surface area contributed by atoms with Gasteiger partial charge in [0.25, 0.3) is 0 Å². The maximum atomic E-state index is 13.2. The molecule has 0 aliphatic carbocycles. The molecule has 0 saturated carbocycles. The van der Waals surface area contributed by atoms with Crippen molar-refractivity contribution in [2.75, 3.05) is 33.2 Å². The van der Waals surface area contributed by atoms with E-state index >= 15 is 0 Å². The van der Waals surface area contributed by atoms with Crippen LogP contribution in [-0.4, -0.2) is 66.3 Å². The fourth-order valence-corrected chi connectivity index (χ4v) is 2.30. The number of halogens is 1. The van der Waals surface area contributed by atoms with Crippen molar-refractivity contribution in [2.24, 2.45) is 0 Å². The molecule has 0 spiro atoms. The van der Waals surface area contributed by atoms with E-state index in [4.69, 9.17) is 5.11 Å². The quantitative estimate of drug-likeness (QED) is 0.762. The van der Waals surface area contributed by atoms with E-state index < -0.39 is 12.1 Å². The zero-order chi connectivity index (χ0) is 12.1. The van der Waals surface area contributed by atoms with E-state index in [9.17, 15) is 9.18 Å². The molecule has 1 saturated heterocycles. The maximum absolute atomic E-state index is 13.2. The summed E-state index contributed by atoms with van der Waals surface area (Å²) in [5.41, 5.74) is 0. The largest absolute Gasteiger partial charge is 0.480 e. The molecule has 1 aliphatic heterocycles. The average Bonchev–Trinajstić information content (AvgIpc) is 2.19. The maximum Gasteiger partial charge on any atom is 0.317 e. The zero-order valence-electron chi connectivity index (χ0n) is 10.0. The Balaban J connectivity index is 2.42. The second kappa shape index (κ2) is 6.15. The number of aliphatic carboxylic acids is 1. The number of carbonyl (C=O) groups is 1. The molecule has 16 heavy (non-hydrogen) atoms. The summed E-state index contributed by atoms with van der Waals surface area (Å²) in [6.45, 7) is 4.08. The molecule has 1 heterocycles. The molecule has 2 unspecified atom stereocenters. The first-order valence-electron chi connectivity index (χ1n) is 5.81. The van der Waals surface area contributed by atoms with Crippen LogP contribution >= 0.6 is 0 Å². The number of likely N-dealkylation sites (N-methyl/N-ethyl adjacent to an activating group) is 2. The van der Waals surface area contributed by atoms with E-state index in [1.54, 1.807) is 11.9 Å². The van der Waals surface area contributed by atoms with Gasteiger partial charge in [0, 0.05) is 19.1 Å². The molecular weight excluding hydrogens is 211 g/mol. The number of carboxylic acids is 1. The first-order chi connectivity index (χ1) is 7.52. The van der Waals surface area contributed by atoms with E-state index in [1.807, 2.05) is 6.92 Å². The van der Waals surface area contributed by atoms with Gasteiger partial charge in [-0.25, -0.2) is 4.39 Å². The summed E-state index contributed by atoms with van der Waals surface area (Å²) in [6.07, 6.45) is 0.696. The summed E-state index contributed by atoms with van der Waals surface area (Å²) >= 11 is 0. The van der Waals surface area contributed by atoms with Gasteiger partial charge in [0.2, 0.25) is 0 Å². The Morgan fingerprint density at radius 3 is 2.81 bits per heavy atom. The Kier molecular flexibility index (Phi) is 5.15. The highest BCUT2D eigenvalue weighted by Crippen LogP contribution is 2.19. The van der Waals surface area contributed by atoms with Gasteiger partial charge in [-0.2, -0.15) is 0 Å². The van der Waals surface area contributed by atoms with Crippen LogP contribution in [0.4, 0.5) is 4.39 Å². The lowest BCUT2D eigenvalue weighted by Gasteiger charge is -2.38. The van der Waals surface area contributed by atoms with Crippen LogP contribution in [0.5, 0.6) is 0 Å². The molecule has 0 bridgehead atoms. The van der Waals surface area contributed by atoms with E-state index in [1.165, 1.54) is 0 Å². The lowest BCUT2D eigenvalue weighted by Crippen LogP contribution is -2.49. The lowest BCUT2D eigenvalue weighted by atomic mass is 10.0. The molecule has 1 fully saturated rings. The summed E-state index contributed by atoms with van der Waals surface area (Å²) in [4.78, 5) is 14.4. The first kappa shape index (κ1) is 13.4. The molecule has 5 heteroatoms. The predicted octanol–water partition coefficient (Wildman–Crippen LogP) is 0.825. The van der Waals surface area contributed by atoms with Crippen molar-refractivity contribution in [2.45, 2.75) is 32.0 Å². The van der Waals surface area contributed by atoms with Crippen molar-refractivity contribution in [3.8, 4) is 0 Å². The molecule has 0 aromatic heterocycles. The number of alkyl halides is 1. The Labute approximate surface area is 96.0 Å². The number of hydrogen-bond donors (Lipinski definition) is 1. The number of carboxylic acid groups (broad SMARTS) is 1. The van der Waals surface area contributed by atoms with E-state index in [0.717, 1.165) is 13.0 Å². The van der Waals surface area contributed by atoms with Crippen LogP contribution in [0, 0.1) is 0 Å². The lowest BCUT2D eigenvalue weighted by molar-refractivity contribution is -0.138. The second-order valence-electron chi connectivity index (χ2n) is 4.51. The van der Waals surface area contributed by atoms with E-state index in [0.29, 0.717) is 25.6 Å². The Hall–Kier alpha value is -0.680. The normalized spacial score (nSPS) is 27.2. The molecule has 1 rings (SSSR count). The van der Waals surface area contributed by atoms with Crippen molar-refractivity contribution >= 4 is 5.97 Å². The van der Waals surface area contributed by atoms with Gasteiger partial charge < -0.3 is 5.11 Å². The Morgan fingerprint density at radius 2 is 2.25 bits per heavy atom. The van der Waals surface area contributed by atoms with Gasteiger partial charge in [-0.3, -0.25) is 14.6 Å². The van der Waals surface area contributed by atoms with Crippen molar-refractivity contribution < 1.29 is 14.3 Å². The number of rotatable bonds is 5. The molecule has 0 aromatic rings. The van der Waals surface area contributed by atoms with Crippen molar-refractivity contribution in [1.82, 2.24) is 9.80 Å². The molecule has 1 N–H and O–H groups in total. The van der Waals surface area contributed by atoms with E-state index in [-0.39, 0.29) is 6.54 Å². The summed E-state index contributed by atoms with van der Waals surface area (Å²) in [5, 5.41) is 8.66. The van der Waals surface area contributed by atoms with E-state index in [2.05, 4.69) is 4.90 Å². The fraction of sp³-hybridized carbons (Fsp3) is 0.909. The minimum Gasteiger partial charge on any atom is -0.480 e. The number of hydrogen-bond acceptors (Lipinski definition) is 3. The first-order valence-corrected chi connectivity index (χ1v) is 5.81. The number of piperidine rings is 1. The molecule has 2 atom stereocenters. The van der Waals surface area contributed by atoms with Crippen LogP contribution in [0.25, 0.3) is 0 Å². The van der Waals surface area contributed by atoms with Crippen LogP contribution in [-0.2, 0) is 4.79 Å². The smallest absolute Gasteiger partial charge is 0.317 e. The highest BCUT2D eigenvalue weighted by molar-refractivity contribution is 5.69. The summed E-state index contributed by atoms with van der Waals surface area (Å²) in [6, 6.07) is 0.293. The SMILES string of the molecule is CCN1CC(F)CCC1CN(C)CC(=O)O. The molecule has 0 amide bonds. The van der Waals surface area contributed by atoms with Crippen LogP contribution in [0.3, 0.4) is 0 Å². The Bertz CT molecular complexity index is 238. The minimum atomic E-state index is -0.815. The van der Waals surface area contributed by atoms with Gasteiger partial charge in [0.15, 0.2) is 0 Å². The molecule has 4 nitrogen and oxygen atoms in total. The van der Waals surface area contributed by atoms with Crippen LogP contribution < -0.4 is 0 Å². The van der Waals surface area contributed by atoms with Crippen LogP contribution in [0.15, 0.2) is 0 Å². The molecule has 0 aromatic carbocycles. The van der Waals surface area contributed by atoms with Gasteiger partial charge in [0.05, 0.1) is 6.54 Å². The van der Waals surface area contributed by atoms with Crippen LogP contribution in [0.2, 0.25) is 0 Å². The highest BCUT2D eigenvalue weighted by atomic mass is 19.1. The van der Waals surface area contributed by atoms with Gasteiger partial charge in [-0.1, -0.05) is 6.92 Å². The zero-order valence-corrected chi connectivity index (χ0v) is 10.0. The minimum absolute atomic E-state index is 0.0487. The third-order valence-corrected chi connectivity index (χ3v) is 3.10. The molecule has 1 aliphatic rings. The Morgan fingerprint density at radius 1 is 1.56 bits per heavy atom. The highest BCUT2D eigenvalue weighted by Gasteiger charge is 2.27. The van der Waals surface area contributed by atoms with Crippen molar-refractivity contribution in [3.05, 3.63) is 0 Å².